The molecule has 1 saturated heterocycles. The molecule has 1 fully saturated rings. The maximum absolute atomic E-state index is 12.3. The molecule has 1 amide bonds. The highest BCUT2D eigenvalue weighted by molar-refractivity contribution is 7.98. The van der Waals surface area contributed by atoms with E-state index in [1.54, 1.807) is 11.8 Å². The van der Waals surface area contributed by atoms with Gasteiger partial charge in [0.25, 0.3) is 5.91 Å². The summed E-state index contributed by atoms with van der Waals surface area (Å²) in [5, 5.41) is 3.34. The van der Waals surface area contributed by atoms with Crippen molar-refractivity contribution < 1.29 is 4.79 Å². The molecule has 0 saturated carbocycles. The molecule has 1 unspecified atom stereocenters. The number of likely N-dealkylation sites (N-methyl/N-ethyl adjacent to an activating group) is 1. The second-order valence-electron chi connectivity index (χ2n) is 4.64. The maximum Gasteiger partial charge on any atom is 0.253 e. The number of piperidine rings is 1. The molecule has 1 aromatic carbocycles. The van der Waals surface area contributed by atoms with Crippen LogP contribution in [0.2, 0.25) is 0 Å². The highest BCUT2D eigenvalue weighted by Crippen LogP contribution is 2.17. The Morgan fingerprint density at radius 1 is 1.39 bits per heavy atom. The van der Waals surface area contributed by atoms with Crippen LogP contribution < -0.4 is 5.32 Å². The molecule has 0 radical (unpaired) electrons. The van der Waals surface area contributed by atoms with Crippen LogP contribution >= 0.6 is 11.8 Å². The molecule has 0 bridgehead atoms. The van der Waals surface area contributed by atoms with Gasteiger partial charge in [-0.3, -0.25) is 4.79 Å². The van der Waals surface area contributed by atoms with Gasteiger partial charge in [0.2, 0.25) is 0 Å². The first-order valence-electron chi connectivity index (χ1n) is 6.34. The van der Waals surface area contributed by atoms with Crippen LogP contribution in [0.3, 0.4) is 0 Å². The van der Waals surface area contributed by atoms with Crippen LogP contribution in [-0.2, 0) is 0 Å². The minimum absolute atomic E-state index is 0.122. The van der Waals surface area contributed by atoms with Gasteiger partial charge >= 0.3 is 0 Å². The van der Waals surface area contributed by atoms with E-state index in [4.69, 9.17) is 0 Å². The first-order chi connectivity index (χ1) is 8.72. The van der Waals surface area contributed by atoms with Gasteiger partial charge in [0, 0.05) is 30.1 Å². The van der Waals surface area contributed by atoms with E-state index in [1.807, 2.05) is 42.5 Å². The van der Waals surface area contributed by atoms with Crippen LogP contribution in [0.1, 0.15) is 23.2 Å². The molecule has 4 heteroatoms. The van der Waals surface area contributed by atoms with Crippen LogP contribution in [0, 0.1) is 0 Å². The Balaban J connectivity index is 2.04. The Kier molecular flexibility index (Phi) is 4.66. The second-order valence-corrected chi connectivity index (χ2v) is 5.52. The summed E-state index contributed by atoms with van der Waals surface area (Å²) >= 11 is 1.69. The van der Waals surface area contributed by atoms with Crippen molar-refractivity contribution in [2.45, 2.75) is 23.8 Å². The Morgan fingerprint density at radius 3 is 2.67 bits per heavy atom. The van der Waals surface area contributed by atoms with Crippen LogP contribution in [0.25, 0.3) is 0 Å². The number of carbonyl (C=O) groups excluding carboxylic acids is 1. The average Bonchev–Trinajstić information content (AvgIpc) is 2.47. The summed E-state index contributed by atoms with van der Waals surface area (Å²) < 4.78 is 0. The molecule has 1 aliphatic rings. The third kappa shape index (κ3) is 3.06. The normalized spacial score (nSPS) is 19.6. The van der Waals surface area contributed by atoms with Crippen molar-refractivity contribution in [3.05, 3.63) is 29.8 Å². The third-order valence-corrected chi connectivity index (χ3v) is 4.22. The lowest BCUT2D eigenvalue weighted by molar-refractivity contribution is 0.0708. The van der Waals surface area contributed by atoms with Crippen molar-refractivity contribution in [3.8, 4) is 0 Å². The van der Waals surface area contributed by atoms with Crippen LogP contribution in [0.5, 0.6) is 0 Å². The Hall–Kier alpha value is -1.00. The van der Waals surface area contributed by atoms with Crippen LogP contribution in [-0.4, -0.2) is 43.2 Å². The third-order valence-electron chi connectivity index (χ3n) is 3.48. The molecule has 1 atom stereocenters. The predicted molar refractivity (Wildman–Crippen MR) is 76.2 cm³/mol. The predicted octanol–water partition coefficient (Wildman–Crippen LogP) is 2.23. The monoisotopic (exact) mass is 264 g/mol. The van der Waals surface area contributed by atoms with E-state index >= 15 is 0 Å². The molecule has 3 nitrogen and oxygen atoms in total. The minimum Gasteiger partial charge on any atom is -0.337 e. The lowest BCUT2D eigenvalue weighted by Crippen LogP contribution is -2.46. The van der Waals surface area contributed by atoms with Crippen LogP contribution in [0.4, 0.5) is 0 Å². The van der Waals surface area contributed by atoms with E-state index in [0.717, 1.165) is 31.5 Å². The zero-order chi connectivity index (χ0) is 13.0. The van der Waals surface area contributed by atoms with Gasteiger partial charge in [-0.15, -0.1) is 11.8 Å². The van der Waals surface area contributed by atoms with E-state index in [1.165, 1.54) is 4.90 Å². The standard InChI is InChI=1S/C14H20N2OS/c1-16(12-4-3-9-15-10-12)14(17)11-5-7-13(18-2)8-6-11/h5-8,12,15H,3-4,9-10H2,1-2H3. The summed E-state index contributed by atoms with van der Waals surface area (Å²) in [4.78, 5) is 15.4. The summed E-state index contributed by atoms with van der Waals surface area (Å²) in [6.07, 6.45) is 4.28. The fourth-order valence-electron chi connectivity index (χ4n) is 2.27. The highest BCUT2D eigenvalue weighted by atomic mass is 32.2. The fraction of sp³-hybridized carbons (Fsp3) is 0.500. The van der Waals surface area contributed by atoms with E-state index in [9.17, 15) is 4.79 Å². The lowest BCUT2D eigenvalue weighted by atomic mass is 10.1. The zero-order valence-electron chi connectivity index (χ0n) is 11.0. The molecule has 18 heavy (non-hydrogen) atoms. The number of hydrogen-bond donors (Lipinski definition) is 1. The number of rotatable bonds is 3. The molecule has 2 rings (SSSR count). The summed E-state index contributed by atoms with van der Waals surface area (Å²) in [6.45, 7) is 1.98. The smallest absolute Gasteiger partial charge is 0.253 e. The number of nitrogens with zero attached hydrogens (tertiary/aromatic N) is 1. The van der Waals surface area contributed by atoms with Gasteiger partial charge in [0.15, 0.2) is 0 Å². The Labute approximate surface area is 113 Å². The van der Waals surface area contributed by atoms with Crippen molar-refractivity contribution in [1.82, 2.24) is 10.2 Å². The van der Waals surface area contributed by atoms with Gasteiger partial charge in [-0.1, -0.05) is 0 Å². The number of thioether (sulfide) groups is 1. The molecule has 0 aromatic heterocycles. The van der Waals surface area contributed by atoms with Gasteiger partial charge < -0.3 is 10.2 Å². The molecule has 1 aliphatic heterocycles. The second kappa shape index (κ2) is 6.25. The molecule has 1 heterocycles. The molecular weight excluding hydrogens is 244 g/mol. The largest absolute Gasteiger partial charge is 0.337 e. The van der Waals surface area contributed by atoms with E-state index in [0.29, 0.717) is 6.04 Å². The van der Waals surface area contributed by atoms with Gasteiger partial charge in [-0.05, 0) is 49.9 Å². The zero-order valence-corrected chi connectivity index (χ0v) is 11.8. The Morgan fingerprint density at radius 2 is 2.11 bits per heavy atom. The molecule has 0 aliphatic carbocycles. The minimum atomic E-state index is 0.122. The maximum atomic E-state index is 12.3. The molecule has 1 N–H and O–H groups in total. The SMILES string of the molecule is CSc1ccc(C(=O)N(C)C2CCCNC2)cc1. The number of hydrogen-bond acceptors (Lipinski definition) is 3. The van der Waals surface area contributed by atoms with E-state index < -0.39 is 0 Å². The molecule has 1 aromatic rings. The van der Waals surface area contributed by atoms with Gasteiger partial charge in [0.05, 0.1) is 0 Å². The average molecular weight is 264 g/mol. The quantitative estimate of drug-likeness (QED) is 0.850. The highest BCUT2D eigenvalue weighted by Gasteiger charge is 2.22. The van der Waals surface area contributed by atoms with Gasteiger partial charge in [0.1, 0.15) is 0 Å². The number of nitrogens with one attached hydrogen (secondary N) is 1. The van der Waals surface area contributed by atoms with Crippen LogP contribution in [0.15, 0.2) is 29.2 Å². The lowest BCUT2D eigenvalue weighted by Gasteiger charge is -2.31. The first-order valence-corrected chi connectivity index (χ1v) is 7.57. The van der Waals surface area contributed by atoms with Crippen molar-refractivity contribution in [2.24, 2.45) is 0 Å². The molecular formula is C14H20N2OS. The molecule has 98 valence electrons. The summed E-state index contributed by atoms with van der Waals surface area (Å²) in [5.74, 6) is 0.122. The van der Waals surface area contributed by atoms with Crippen molar-refractivity contribution >= 4 is 17.7 Å². The topological polar surface area (TPSA) is 32.3 Å². The summed E-state index contributed by atoms with van der Waals surface area (Å²) in [7, 11) is 1.91. The number of amides is 1. The first kappa shape index (κ1) is 13.4. The van der Waals surface area contributed by atoms with E-state index in [2.05, 4.69) is 5.32 Å². The van der Waals surface area contributed by atoms with Gasteiger partial charge in [-0.2, -0.15) is 0 Å². The van der Waals surface area contributed by atoms with E-state index in [-0.39, 0.29) is 5.91 Å². The summed E-state index contributed by atoms with van der Waals surface area (Å²) in [6, 6.07) is 8.17. The molecule has 0 spiro atoms. The van der Waals surface area contributed by atoms with Crippen molar-refractivity contribution in [2.75, 3.05) is 26.4 Å². The van der Waals surface area contributed by atoms with Crippen molar-refractivity contribution in [3.63, 3.8) is 0 Å². The Bertz CT molecular complexity index is 399. The number of carbonyl (C=O) groups is 1. The fourth-order valence-corrected chi connectivity index (χ4v) is 2.68. The van der Waals surface area contributed by atoms with Crippen molar-refractivity contribution in [1.29, 1.82) is 0 Å². The number of benzene rings is 1. The van der Waals surface area contributed by atoms with Gasteiger partial charge in [-0.25, -0.2) is 0 Å². The summed E-state index contributed by atoms with van der Waals surface area (Å²) in [5.41, 5.74) is 0.779.